The summed E-state index contributed by atoms with van der Waals surface area (Å²) in [7, 11) is 3.01. The minimum atomic E-state index is -0.515. The van der Waals surface area contributed by atoms with Crippen molar-refractivity contribution in [2.45, 2.75) is 32.2 Å². The third kappa shape index (κ3) is 2.05. The van der Waals surface area contributed by atoms with Crippen LogP contribution in [0.5, 0.6) is 0 Å². The Balaban J connectivity index is 2.73. The number of hydrogen-bond donors (Lipinski definition) is 0. The number of aromatic nitrogens is 2. The number of nitrogens with zero attached hydrogens (tertiary/aromatic N) is 4. The molecule has 2 heterocycles. The first kappa shape index (κ1) is 13.4. The van der Waals surface area contributed by atoms with Crippen LogP contribution in [0.1, 0.15) is 31.7 Å². The van der Waals surface area contributed by atoms with E-state index in [1.807, 2.05) is 11.0 Å². The van der Waals surface area contributed by atoms with Gasteiger partial charge < -0.3 is 4.90 Å². The second-order valence-corrected chi connectivity index (χ2v) is 5.05. The van der Waals surface area contributed by atoms with E-state index >= 15 is 0 Å². The maximum atomic E-state index is 12.0. The van der Waals surface area contributed by atoms with Crippen molar-refractivity contribution in [1.29, 1.82) is 5.26 Å². The van der Waals surface area contributed by atoms with E-state index in [0.29, 0.717) is 5.82 Å². The fourth-order valence-electron chi connectivity index (χ4n) is 2.68. The van der Waals surface area contributed by atoms with Gasteiger partial charge in [0, 0.05) is 26.7 Å². The number of anilines is 1. The van der Waals surface area contributed by atoms with Crippen molar-refractivity contribution in [3.05, 3.63) is 26.4 Å². The maximum Gasteiger partial charge on any atom is 0.332 e. The van der Waals surface area contributed by atoms with Crippen molar-refractivity contribution >= 4 is 5.82 Å². The average Bonchev–Trinajstić information content (AvgIpc) is 2.41. The zero-order valence-electron chi connectivity index (χ0n) is 11.5. The number of hydrogen-bond acceptors (Lipinski definition) is 4. The molecule has 0 radical (unpaired) electrons. The van der Waals surface area contributed by atoms with Gasteiger partial charge in [0.15, 0.2) is 5.56 Å². The Morgan fingerprint density at radius 2 is 1.89 bits per heavy atom. The Bertz CT molecular complexity index is 650. The van der Waals surface area contributed by atoms with Gasteiger partial charge in [-0.05, 0) is 26.2 Å². The van der Waals surface area contributed by atoms with E-state index in [4.69, 9.17) is 0 Å². The zero-order chi connectivity index (χ0) is 14.2. The Morgan fingerprint density at radius 3 is 2.47 bits per heavy atom. The highest BCUT2D eigenvalue weighted by Crippen LogP contribution is 2.24. The van der Waals surface area contributed by atoms with Crippen molar-refractivity contribution in [1.82, 2.24) is 9.13 Å². The standard InChI is InChI=1S/C13H18N4O2/c1-9-6-4-5-7-17(9)11-10(8-14)12(18)16(3)13(19)15(11)2/h9H,4-7H2,1-3H3/t9-/m1/s1. The Labute approximate surface area is 111 Å². The van der Waals surface area contributed by atoms with E-state index in [1.165, 1.54) is 11.6 Å². The monoisotopic (exact) mass is 262 g/mol. The summed E-state index contributed by atoms with van der Waals surface area (Å²) in [5.41, 5.74) is -0.853. The van der Waals surface area contributed by atoms with Crippen molar-refractivity contribution in [3.63, 3.8) is 0 Å². The van der Waals surface area contributed by atoms with Crippen LogP contribution in [-0.4, -0.2) is 21.7 Å². The van der Waals surface area contributed by atoms with Crippen LogP contribution in [0.15, 0.2) is 9.59 Å². The highest BCUT2D eigenvalue weighted by molar-refractivity contribution is 5.54. The molecule has 0 N–H and O–H groups in total. The molecule has 1 saturated heterocycles. The molecule has 0 bridgehead atoms. The first-order chi connectivity index (χ1) is 8.99. The van der Waals surface area contributed by atoms with Crippen molar-refractivity contribution in [3.8, 4) is 6.07 Å². The minimum absolute atomic E-state index is 0.0540. The summed E-state index contributed by atoms with van der Waals surface area (Å²) in [5, 5.41) is 9.25. The lowest BCUT2D eigenvalue weighted by molar-refractivity contribution is 0.471. The number of nitriles is 1. The topological polar surface area (TPSA) is 71.0 Å². The molecule has 0 aromatic carbocycles. The Kier molecular flexibility index (Phi) is 3.47. The number of rotatable bonds is 1. The molecule has 1 aromatic heterocycles. The van der Waals surface area contributed by atoms with Gasteiger partial charge >= 0.3 is 5.69 Å². The molecule has 102 valence electrons. The SMILES string of the molecule is C[C@@H]1CCCCN1c1c(C#N)c(=O)n(C)c(=O)n1C. The van der Waals surface area contributed by atoms with E-state index in [9.17, 15) is 14.9 Å². The third-order valence-electron chi connectivity index (χ3n) is 3.82. The van der Waals surface area contributed by atoms with Gasteiger partial charge in [0.1, 0.15) is 11.9 Å². The van der Waals surface area contributed by atoms with Crippen LogP contribution in [0.25, 0.3) is 0 Å². The van der Waals surface area contributed by atoms with Gasteiger partial charge in [0.25, 0.3) is 5.56 Å². The summed E-state index contributed by atoms with van der Waals surface area (Å²) >= 11 is 0. The molecule has 1 atom stereocenters. The highest BCUT2D eigenvalue weighted by Gasteiger charge is 2.26. The van der Waals surface area contributed by atoms with Crippen LogP contribution in [-0.2, 0) is 14.1 Å². The van der Waals surface area contributed by atoms with E-state index < -0.39 is 11.2 Å². The molecule has 6 heteroatoms. The summed E-state index contributed by atoms with van der Waals surface area (Å²) in [6, 6.07) is 2.19. The lowest BCUT2D eigenvalue weighted by atomic mass is 10.0. The number of piperidine rings is 1. The lowest BCUT2D eigenvalue weighted by Crippen LogP contribution is -2.46. The van der Waals surface area contributed by atoms with Gasteiger partial charge in [0.2, 0.25) is 0 Å². The Hall–Kier alpha value is -2.03. The van der Waals surface area contributed by atoms with Gasteiger partial charge in [-0.2, -0.15) is 5.26 Å². The first-order valence-electron chi connectivity index (χ1n) is 6.45. The molecule has 0 spiro atoms. The highest BCUT2D eigenvalue weighted by atomic mass is 16.2. The smallest absolute Gasteiger partial charge is 0.332 e. The Morgan fingerprint density at radius 1 is 1.21 bits per heavy atom. The fourth-order valence-corrected chi connectivity index (χ4v) is 2.68. The van der Waals surface area contributed by atoms with Gasteiger partial charge in [0.05, 0.1) is 0 Å². The maximum absolute atomic E-state index is 12.0. The molecule has 19 heavy (non-hydrogen) atoms. The van der Waals surface area contributed by atoms with Gasteiger partial charge in [-0.15, -0.1) is 0 Å². The van der Waals surface area contributed by atoms with Crippen molar-refractivity contribution < 1.29 is 0 Å². The van der Waals surface area contributed by atoms with Crippen LogP contribution in [0.2, 0.25) is 0 Å². The van der Waals surface area contributed by atoms with Crippen molar-refractivity contribution in [2.75, 3.05) is 11.4 Å². The summed E-state index contributed by atoms with van der Waals surface area (Å²) in [4.78, 5) is 26.1. The zero-order valence-corrected chi connectivity index (χ0v) is 11.5. The molecule has 0 aliphatic carbocycles. The van der Waals surface area contributed by atoms with Crippen LogP contribution in [0.3, 0.4) is 0 Å². The van der Waals surface area contributed by atoms with Crippen LogP contribution in [0.4, 0.5) is 5.82 Å². The predicted molar refractivity (Wildman–Crippen MR) is 72.3 cm³/mol. The molecule has 0 saturated carbocycles. The van der Waals surface area contributed by atoms with Crippen LogP contribution in [0, 0.1) is 11.3 Å². The third-order valence-corrected chi connectivity index (χ3v) is 3.82. The van der Waals surface area contributed by atoms with Crippen LogP contribution >= 0.6 is 0 Å². The van der Waals surface area contributed by atoms with Gasteiger partial charge in [-0.3, -0.25) is 13.9 Å². The van der Waals surface area contributed by atoms with E-state index in [2.05, 4.69) is 6.92 Å². The molecule has 0 unspecified atom stereocenters. The van der Waals surface area contributed by atoms with E-state index in [-0.39, 0.29) is 11.6 Å². The molecular weight excluding hydrogens is 244 g/mol. The van der Waals surface area contributed by atoms with Gasteiger partial charge in [-0.1, -0.05) is 0 Å². The molecule has 1 aliphatic heterocycles. The molecule has 1 aromatic rings. The fraction of sp³-hybridized carbons (Fsp3) is 0.615. The van der Waals surface area contributed by atoms with Crippen molar-refractivity contribution in [2.24, 2.45) is 14.1 Å². The van der Waals surface area contributed by atoms with Gasteiger partial charge in [-0.25, -0.2) is 4.79 Å². The summed E-state index contributed by atoms with van der Waals surface area (Å²) in [6.07, 6.45) is 3.16. The largest absolute Gasteiger partial charge is 0.354 e. The predicted octanol–water partition coefficient (Wildman–Crippen LogP) is 0.334. The quantitative estimate of drug-likeness (QED) is 0.731. The van der Waals surface area contributed by atoms with E-state index in [0.717, 1.165) is 30.4 Å². The van der Waals surface area contributed by atoms with Crippen LogP contribution < -0.4 is 16.1 Å². The summed E-state index contributed by atoms with van der Waals surface area (Å²) in [5.74, 6) is 0.461. The molecule has 1 aliphatic rings. The van der Waals surface area contributed by atoms with E-state index in [1.54, 1.807) is 7.05 Å². The lowest BCUT2D eigenvalue weighted by Gasteiger charge is -2.36. The second-order valence-electron chi connectivity index (χ2n) is 5.05. The summed E-state index contributed by atoms with van der Waals surface area (Å²) in [6.45, 7) is 2.83. The minimum Gasteiger partial charge on any atom is -0.354 e. The average molecular weight is 262 g/mol. The molecule has 6 nitrogen and oxygen atoms in total. The molecule has 2 rings (SSSR count). The second kappa shape index (κ2) is 4.92. The molecule has 0 amide bonds. The molecular formula is C13H18N4O2. The summed E-state index contributed by atoms with van der Waals surface area (Å²) < 4.78 is 2.39. The molecule has 1 fully saturated rings. The first-order valence-corrected chi connectivity index (χ1v) is 6.45. The normalized spacial score (nSPS) is 19.3.